The summed E-state index contributed by atoms with van der Waals surface area (Å²) in [5, 5.41) is 1.29. The largest absolute Gasteiger partial charge is 0.302 e. The van der Waals surface area contributed by atoms with Crippen LogP contribution in [0, 0.1) is 0 Å². The van der Waals surface area contributed by atoms with E-state index < -0.39 is 9.83 Å². The van der Waals surface area contributed by atoms with Crippen molar-refractivity contribution in [2.75, 3.05) is 13.7 Å². The standard InChI is InChI=1S/C6H10Cl3NO2/c1-5(3-11)10(12-2)4-6(7,8)9/h3,5H,4H2,1-2H3/t5-/m0/s1. The summed E-state index contributed by atoms with van der Waals surface area (Å²) < 4.78 is -1.44. The van der Waals surface area contributed by atoms with E-state index in [2.05, 4.69) is 0 Å². The Labute approximate surface area is 86.5 Å². The Morgan fingerprint density at radius 3 is 2.33 bits per heavy atom. The number of hydrogen-bond acceptors (Lipinski definition) is 3. The first-order chi connectivity index (χ1) is 5.40. The molecule has 0 N–H and O–H groups in total. The molecule has 0 rings (SSSR count). The van der Waals surface area contributed by atoms with Crippen molar-refractivity contribution in [2.24, 2.45) is 0 Å². The molecule has 0 aliphatic heterocycles. The van der Waals surface area contributed by atoms with Crippen molar-refractivity contribution in [1.29, 1.82) is 0 Å². The van der Waals surface area contributed by atoms with Crippen LogP contribution in [0.2, 0.25) is 0 Å². The summed E-state index contributed by atoms with van der Waals surface area (Å²) in [6.07, 6.45) is 0.708. The molecule has 0 saturated heterocycles. The maximum Gasteiger partial charge on any atom is 0.205 e. The molecule has 0 aromatic heterocycles. The molecular formula is C6H10Cl3NO2. The van der Waals surface area contributed by atoms with E-state index in [1.165, 1.54) is 12.2 Å². The van der Waals surface area contributed by atoms with Gasteiger partial charge < -0.3 is 9.63 Å². The number of halogens is 3. The third-order valence-electron chi connectivity index (χ3n) is 1.22. The van der Waals surface area contributed by atoms with Gasteiger partial charge in [0, 0.05) is 0 Å². The molecule has 12 heavy (non-hydrogen) atoms. The second-order valence-corrected chi connectivity index (χ2v) is 4.77. The Balaban J connectivity index is 4.08. The normalized spacial score (nSPS) is 14.8. The smallest absolute Gasteiger partial charge is 0.205 e. The van der Waals surface area contributed by atoms with E-state index in [1.54, 1.807) is 6.92 Å². The van der Waals surface area contributed by atoms with E-state index in [1.807, 2.05) is 0 Å². The third kappa shape index (κ3) is 5.17. The Morgan fingerprint density at radius 1 is 1.58 bits per heavy atom. The fraction of sp³-hybridized carbons (Fsp3) is 0.833. The third-order valence-corrected chi connectivity index (χ3v) is 1.58. The minimum absolute atomic E-state index is 0.0497. The van der Waals surface area contributed by atoms with E-state index in [0.717, 1.165) is 0 Å². The van der Waals surface area contributed by atoms with Gasteiger partial charge in [0.1, 0.15) is 6.29 Å². The minimum Gasteiger partial charge on any atom is -0.302 e. The minimum atomic E-state index is -1.44. The number of nitrogens with zero attached hydrogens (tertiary/aromatic N) is 1. The second-order valence-electron chi connectivity index (χ2n) is 2.25. The molecule has 3 nitrogen and oxygen atoms in total. The topological polar surface area (TPSA) is 29.5 Å². The number of carbonyl (C=O) groups is 1. The zero-order valence-corrected chi connectivity index (χ0v) is 9.03. The summed E-state index contributed by atoms with van der Waals surface area (Å²) in [5.41, 5.74) is 0. The van der Waals surface area contributed by atoms with Gasteiger partial charge in [0.15, 0.2) is 0 Å². The van der Waals surface area contributed by atoms with Gasteiger partial charge in [0.05, 0.1) is 19.7 Å². The highest BCUT2D eigenvalue weighted by Gasteiger charge is 2.26. The van der Waals surface area contributed by atoms with Gasteiger partial charge in [-0.2, -0.15) is 5.06 Å². The molecule has 0 unspecified atom stereocenters. The number of hydrogen-bond donors (Lipinski definition) is 0. The van der Waals surface area contributed by atoms with Crippen LogP contribution in [0.4, 0.5) is 0 Å². The van der Waals surface area contributed by atoms with Crippen LogP contribution in [-0.2, 0) is 9.63 Å². The fourth-order valence-corrected chi connectivity index (χ4v) is 0.973. The Hall–Kier alpha value is 0.460. The summed E-state index contributed by atoms with van der Waals surface area (Å²) >= 11 is 16.5. The molecule has 0 fully saturated rings. The molecule has 0 amide bonds. The number of carbonyl (C=O) groups excluding carboxylic acids is 1. The first-order valence-electron chi connectivity index (χ1n) is 3.23. The van der Waals surface area contributed by atoms with Crippen LogP contribution in [0.5, 0.6) is 0 Å². The second kappa shape index (κ2) is 5.25. The van der Waals surface area contributed by atoms with Crippen molar-refractivity contribution in [2.45, 2.75) is 16.8 Å². The van der Waals surface area contributed by atoms with E-state index in [0.29, 0.717) is 6.29 Å². The van der Waals surface area contributed by atoms with Crippen LogP contribution in [0.1, 0.15) is 6.92 Å². The van der Waals surface area contributed by atoms with Crippen molar-refractivity contribution in [3.63, 3.8) is 0 Å². The first kappa shape index (κ1) is 12.5. The molecule has 0 radical (unpaired) electrons. The van der Waals surface area contributed by atoms with Gasteiger partial charge in [-0.15, -0.1) is 0 Å². The lowest BCUT2D eigenvalue weighted by Crippen LogP contribution is -2.39. The fourth-order valence-electron chi connectivity index (χ4n) is 0.619. The first-order valence-corrected chi connectivity index (χ1v) is 4.37. The number of alkyl halides is 3. The van der Waals surface area contributed by atoms with Crippen LogP contribution in [0.15, 0.2) is 0 Å². The highest BCUT2D eigenvalue weighted by Crippen LogP contribution is 2.27. The summed E-state index contributed by atoms with van der Waals surface area (Å²) in [7, 11) is 1.41. The van der Waals surface area contributed by atoms with Crippen molar-refractivity contribution >= 4 is 41.1 Å². The van der Waals surface area contributed by atoms with Crippen LogP contribution in [0.3, 0.4) is 0 Å². The van der Waals surface area contributed by atoms with Gasteiger partial charge in [-0.1, -0.05) is 34.8 Å². The van der Waals surface area contributed by atoms with Gasteiger partial charge in [0.25, 0.3) is 0 Å². The van der Waals surface area contributed by atoms with E-state index >= 15 is 0 Å². The van der Waals surface area contributed by atoms with Gasteiger partial charge >= 0.3 is 0 Å². The van der Waals surface area contributed by atoms with Crippen molar-refractivity contribution in [1.82, 2.24) is 5.06 Å². The van der Waals surface area contributed by atoms with Crippen molar-refractivity contribution in [3.05, 3.63) is 0 Å². The van der Waals surface area contributed by atoms with E-state index in [4.69, 9.17) is 39.6 Å². The molecule has 6 heteroatoms. The summed E-state index contributed by atoms with van der Waals surface area (Å²) in [4.78, 5) is 15.2. The van der Waals surface area contributed by atoms with Gasteiger partial charge in [-0.05, 0) is 6.92 Å². The maximum atomic E-state index is 10.3. The predicted molar refractivity (Wildman–Crippen MR) is 49.5 cm³/mol. The monoisotopic (exact) mass is 233 g/mol. The van der Waals surface area contributed by atoms with Gasteiger partial charge in [-0.25, -0.2) is 0 Å². The number of hydroxylamine groups is 2. The van der Waals surface area contributed by atoms with Crippen molar-refractivity contribution < 1.29 is 9.63 Å². The maximum absolute atomic E-state index is 10.3. The zero-order chi connectivity index (χ0) is 9.78. The van der Waals surface area contributed by atoms with Crippen LogP contribution in [-0.4, -0.2) is 34.8 Å². The van der Waals surface area contributed by atoms with Crippen LogP contribution >= 0.6 is 34.8 Å². The molecule has 72 valence electrons. The lowest BCUT2D eigenvalue weighted by molar-refractivity contribution is -0.160. The van der Waals surface area contributed by atoms with Crippen LogP contribution < -0.4 is 0 Å². The Bertz CT molecular complexity index is 148. The average molecular weight is 235 g/mol. The molecule has 0 saturated carbocycles. The quantitative estimate of drug-likeness (QED) is 0.422. The average Bonchev–Trinajstić information content (AvgIpc) is 1.97. The molecule has 0 spiro atoms. The number of rotatable bonds is 4. The molecule has 0 bridgehead atoms. The van der Waals surface area contributed by atoms with E-state index in [-0.39, 0.29) is 6.54 Å². The van der Waals surface area contributed by atoms with Crippen molar-refractivity contribution in [3.8, 4) is 0 Å². The zero-order valence-electron chi connectivity index (χ0n) is 6.76. The Kier molecular flexibility index (Phi) is 5.45. The highest BCUT2D eigenvalue weighted by molar-refractivity contribution is 6.67. The summed E-state index contributed by atoms with van der Waals surface area (Å²) in [6.45, 7) is 1.70. The summed E-state index contributed by atoms with van der Waals surface area (Å²) in [6, 6.07) is -0.425. The SMILES string of the molecule is CON(CC(Cl)(Cl)Cl)[C@@H](C)C=O. The predicted octanol–water partition coefficient (Wildman–Crippen LogP) is 1.81. The lowest BCUT2D eigenvalue weighted by atomic mass is 10.4. The molecular weight excluding hydrogens is 224 g/mol. The molecule has 0 heterocycles. The summed E-state index contributed by atoms with van der Waals surface area (Å²) in [5.74, 6) is 0. The molecule has 0 aromatic rings. The Morgan fingerprint density at radius 2 is 2.08 bits per heavy atom. The molecule has 1 atom stereocenters. The molecule has 0 aliphatic carbocycles. The van der Waals surface area contributed by atoms with Crippen LogP contribution in [0.25, 0.3) is 0 Å². The lowest BCUT2D eigenvalue weighted by Gasteiger charge is -2.25. The number of aldehydes is 1. The highest BCUT2D eigenvalue weighted by atomic mass is 35.6. The molecule has 0 aliphatic rings. The molecule has 0 aromatic carbocycles. The van der Waals surface area contributed by atoms with Gasteiger partial charge in [0.2, 0.25) is 3.79 Å². The van der Waals surface area contributed by atoms with E-state index in [9.17, 15) is 4.79 Å². The van der Waals surface area contributed by atoms with Gasteiger partial charge in [-0.3, -0.25) is 0 Å².